The topological polar surface area (TPSA) is 6.48 Å². The lowest BCUT2D eigenvalue weighted by Crippen LogP contribution is -2.72. The van der Waals surface area contributed by atoms with Gasteiger partial charge in [0.15, 0.2) is 8.07 Å². The smallest absolute Gasteiger partial charge is 0.181 e. The fourth-order valence-corrected chi connectivity index (χ4v) is 16.6. The van der Waals surface area contributed by atoms with Crippen molar-refractivity contribution in [2.45, 2.75) is 53.9 Å². The van der Waals surface area contributed by atoms with Gasteiger partial charge in [0.2, 0.25) is 0 Å². The van der Waals surface area contributed by atoms with E-state index in [0.29, 0.717) is 0 Å². The van der Waals surface area contributed by atoms with Gasteiger partial charge in [-0.2, -0.15) is 0 Å². The predicted octanol–water partition coefficient (Wildman–Crippen LogP) is 13.7. The zero-order chi connectivity index (χ0) is 42.9. The van der Waals surface area contributed by atoms with Crippen LogP contribution in [0.4, 0.5) is 34.1 Å². The minimum atomic E-state index is -2.90. The number of hydrogen-bond donors (Lipinski definition) is 0. The first kappa shape index (κ1) is 37.8. The molecule has 2 aliphatic rings. The Balaban J connectivity index is 1.30. The van der Waals surface area contributed by atoms with Crippen LogP contribution in [0.5, 0.6) is 0 Å². The van der Waals surface area contributed by atoms with Crippen molar-refractivity contribution in [2.24, 2.45) is 0 Å². The van der Waals surface area contributed by atoms with E-state index in [-0.39, 0.29) is 5.41 Å². The van der Waals surface area contributed by atoms with Crippen LogP contribution < -0.4 is 30.5 Å². The summed E-state index contributed by atoms with van der Waals surface area (Å²) in [5, 5.41) is 13.3. The van der Waals surface area contributed by atoms with E-state index in [1.807, 2.05) is 0 Å². The van der Waals surface area contributed by atoms with Gasteiger partial charge in [-0.05, 0) is 140 Å². The molecule has 0 N–H and O–H groups in total. The van der Waals surface area contributed by atoms with Gasteiger partial charge in [-0.1, -0.05) is 165 Å². The van der Waals surface area contributed by atoms with Crippen molar-refractivity contribution in [3.63, 3.8) is 0 Å². The zero-order valence-corrected chi connectivity index (χ0v) is 38.1. The molecular formula is C60H50N2Si. The lowest BCUT2D eigenvalue weighted by Gasteiger charge is -2.37. The summed E-state index contributed by atoms with van der Waals surface area (Å²) in [6, 6.07) is 68.6. The molecule has 0 aromatic heterocycles. The molecule has 1 spiro atoms. The minimum Gasteiger partial charge on any atom is -0.310 e. The average Bonchev–Trinajstić information content (AvgIpc) is 3.58. The Kier molecular flexibility index (Phi) is 8.11. The summed E-state index contributed by atoms with van der Waals surface area (Å²) in [5.74, 6) is 0. The molecule has 10 aromatic rings. The highest BCUT2D eigenvalue weighted by Crippen LogP contribution is 2.51. The van der Waals surface area contributed by atoms with Crippen LogP contribution in [0.15, 0.2) is 176 Å². The van der Waals surface area contributed by atoms with Gasteiger partial charge in [-0.15, -0.1) is 0 Å². The SMILES string of the molecule is Cc1ccc(N2c3cccc(c3)[Si]3(c4cccc(c4)N(c4ccc(C)cc4C)c4cc2c2ccc5cc(C(C)(C)C)cc6ccc4c2c56)c2ccccc2-c2ccccc23)c(C)c1. The van der Waals surface area contributed by atoms with Crippen molar-refractivity contribution in [3.8, 4) is 11.1 Å². The van der Waals surface area contributed by atoms with E-state index < -0.39 is 8.07 Å². The van der Waals surface area contributed by atoms with Crippen LogP contribution in [0.3, 0.4) is 0 Å². The molecule has 0 atom stereocenters. The van der Waals surface area contributed by atoms with Gasteiger partial charge < -0.3 is 9.80 Å². The van der Waals surface area contributed by atoms with Gasteiger partial charge in [-0.3, -0.25) is 0 Å². The molecule has 0 amide bonds. The molecule has 12 rings (SSSR count). The molecule has 304 valence electrons. The number of rotatable bonds is 2. The second-order valence-electron chi connectivity index (χ2n) is 19.3. The predicted molar refractivity (Wildman–Crippen MR) is 273 cm³/mol. The number of anilines is 6. The Morgan fingerprint density at radius 3 is 1.33 bits per heavy atom. The third kappa shape index (κ3) is 5.42. The molecule has 2 aliphatic heterocycles. The summed E-state index contributed by atoms with van der Waals surface area (Å²) in [5.41, 5.74) is 16.1. The van der Waals surface area contributed by atoms with E-state index in [4.69, 9.17) is 0 Å². The van der Waals surface area contributed by atoms with E-state index in [1.165, 1.54) is 126 Å². The summed E-state index contributed by atoms with van der Waals surface area (Å²) in [7, 11) is -2.90. The molecular weight excluding hydrogens is 777 g/mol. The third-order valence-corrected chi connectivity index (χ3v) is 19.1. The largest absolute Gasteiger partial charge is 0.310 e. The van der Waals surface area contributed by atoms with Crippen molar-refractivity contribution in [1.29, 1.82) is 0 Å². The van der Waals surface area contributed by atoms with E-state index in [1.54, 1.807) is 0 Å². The third-order valence-electron chi connectivity index (χ3n) is 14.2. The average molecular weight is 827 g/mol. The van der Waals surface area contributed by atoms with Crippen molar-refractivity contribution in [1.82, 2.24) is 0 Å². The van der Waals surface area contributed by atoms with Crippen LogP contribution in [0, 0.1) is 27.7 Å². The maximum absolute atomic E-state index is 2.90. The number of hydrogen-bond acceptors (Lipinski definition) is 2. The molecule has 3 heteroatoms. The molecule has 10 aromatic carbocycles. The molecule has 0 saturated heterocycles. The number of aryl methyl sites for hydroxylation is 4. The Bertz CT molecular complexity index is 3300. The Hall–Kier alpha value is -6.94. The second-order valence-corrected chi connectivity index (χ2v) is 23.0. The standard InChI is InChI=1S/C60H50N2Si/c1-37-22-28-52(39(3)30-37)61-44-14-12-16-46(34-44)63(56-20-10-8-18-48(56)49-19-9-11-21-57(49)63)47-17-13-15-45(35-47)62(53-29-23-38(2)31-40(53)4)55-36-54(61)50-26-24-41-32-43(60(5,6)7)33-42-25-27-51(55)59(50)58(41)42/h8-36H,1-7H3. The maximum Gasteiger partial charge on any atom is 0.181 e. The van der Waals surface area contributed by atoms with Crippen LogP contribution in [0.25, 0.3) is 43.4 Å². The van der Waals surface area contributed by atoms with E-state index in [2.05, 4.69) is 234 Å². The maximum atomic E-state index is 2.58. The van der Waals surface area contributed by atoms with Gasteiger partial charge in [0, 0.05) is 38.9 Å². The first-order chi connectivity index (χ1) is 30.5. The summed E-state index contributed by atoms with van der Waals surface area (Å²) in [6.45, 7) is 15.9. The monoisotopic (exact) mass is 826 g/mol. The van der Waals surface area contributed by atoms with Crippen LogP contribution in [-0.2, 0) is 5.41 Å². The molecule has 0 radical (unpaired) electrons. The van der Waals surface area contributed by atoms with Gasteiger partial charge >= 0.3 is 0 Å². The fraction of sp³-hybridized carbons (Fsp3) is 0.133. The highest BCUT2D eigenvalue weighted by atomic mass is 28.3. The molecule has 2 nitrogen and oxygen atoms in total. The summed E-state index contributed by atoms with van der Waals surface area (Å²) >= 11 is 0. The molecule has 0 unspecified atom stereocenters. The Labute approximate surface area is 372 Å². The van der Waals surface area contributed by atoms with Crippen LogP contribution >= 0.6 is 0 Å². The Morgan fingerprint density at radius 2 is 0.873 bits per heavy atom. The molecule has 0 saturated carbocycles. The minimum absolute atomic E-state index is 0.0190. The van der Waals surface area contributed by atoms with Crippen molar-refractivity contribution < 1.29 is 0 Å². The normalized spacial score (nSPS) is 14.0. The van der Waals surface area contributed by atoms with Gasteiger partial charge in [0.05, 0.1) is 11.4 Å². The van der Waals surface area contributed by atoms with Crippen LogP contribution in [-0.4, -0.2) is 8.07 Å². The van der Waals surface area contributed by atoms with Crippen molar-refractivity contribution in [2.75, 3.05) is 9.80 Å². The molecule has 0 fully saturated rings. The van der Waals surface area contributed by atoms with E-state index in [0.717, 1.165) is 0 Å². The Morgan fingerprint density at radius 1 is 0.397 bits per heavy atom. The highest BCUT2D eigenvalue weighted by molar-refractivity contribution is 7.22. The van der Waals surface area contributed by atoms with Crippen LogP contribution in [0.2, 0.25) is 0 Å². The molecule has 6 bridgehead atoms. The lowest BCUT2D eigenvalue weighted by molar-refractivity contribution is 0.591. The highest BCUT2D eigenvalue weighted by Gasteiger charge is 2.49. The molecule has 2 heterocycles. The van der Waals surface area contributed by atoms with E-state index >= 15 is 0 Å². The van der Waals surface area contributed by atoms with Gasteiger partial charge in [0.25, 0.3) is 0 Å². The van der Waals surface area contributed by atoms with Crippen LogP contribution in [0.1, 0.15) is 48.6 Å². The second kappa shape index (κ2) is 13.5. The zero-order valence-electron chi connectivity index (χ0n) is 37.1. The fourth-order valence-electron chi connectivity index (χ4n) is 11.4. The first-order valence-electron chi connectivity index (χ1n) is 22.4. The van der Waals surface area contributed by atoms with E-state index in [9.17, 15) is 0 Å². The molecule has 0 aliphatic carbocycles. The van der Waals surface area contributed by atoms with Gasteiger partial charge in [0.1, 0.15) is 0 Å². The number of benzene rings is 10. The molecule has 63 heavy (non-hydrogen) atoms. The summed E-state index contributed by atoms with van der Waals surface area (Å²) in [6.07, 6.45) is 0. The first-order valence-corrected chi connectivity index (χ1v) is 24.4. The van der Waals surface area contributed by atoms with Crippen molar-refractivity contribution >= 4 is 95.3 Å². The lowest BCUT2D eigenvalue weighted by atomic mass is 9.83. The summed E-state index contributed by atoms with van der Waals surface area (Å²) in [4.78, 5) is 5.17. The number of fused-ring (bicyclic) bond motifs is 15. The number of nitrogens with zero attached hydrogens (tertiary/aromatic N) is 2. The van der Waals surface area contributed by atoms with Crippen molar-refractivity contribution in [3.05, 3.63) is 204 Å². The summed E-state index contributed by atoms with van der Waals surface area (Å²) < 4.78 is 0. The quantitative estimate of drug-likeness (QED) is 0.127. The van der Waals surface area contributed by atoms with Gasteiger partial charge in [-0.25, -0.2) is 0 Å².